The molecule has 0 saturated carbocycles. The van der Waals surface area contributed by atoms with Gasteiger partial charge in [-0.1, -0.05) is 6.07 Å². The second-order valence-electron chi connectivity index (χ2n) is 4.50. The van der Waals surface area contributed by atoms with E-state index >= 15 is 0 Å². The van der Waals surface area contributed by atoms with Crippen LogP contribution in [0.1, 0.15) is 23.8 Å². The van der Waals surface area contributed by atoms with E-state index in [1.54, 1.807) is 4.90 Å². The van der Waals surface area contributed by atoms with Crippen LogP contribution in [0.5, 0.6) is 0 Å². The van der Waals surface area contributed by atoms with Gasteiger partial charge in [-0.25, -0.2) is 0 Å². The van der Waals surface area contributed by atoms with Crippen molar-refractivity contribution in [1.82, 2.24) is 15.5 Å². The van der Waals surface area contributed by atoms with Crippen LogP contribution in [0, 0.1) is 0 Å². The van der Waals surface area contributed by atoms with Crippen LogP contribution in [0.25, 0.3) is 0 Å². The van der Waals surface area contributed by atoms with Crippen LogP contribution in [-0.2, 0) is 9.59 Å². The first kappa shape index (κ1) is 14.0. The largest absolute Gasteiger partial charge is 0.352 e. The number of nitrogens with zero attached hydrogens (tertiary/aromatic N) is 1. The van der Waals surface area contributed by atoms with E-state index < -0.39 is 6.04 Å². The van der Waals surface area contributed by atoms with E-state index in [4.69, 9.17) is 0 Å². The molecule has 19 heavy (non-hydrogen) atoms. The maximum Gasteiger partial charge on any atom is 0.248 e. The van der Waals surface area contributed by atoms with Gasteiger partial charge in [0.25, 0.3) is 0 Å². The molecule has 2 heterocycles. The van der Waals surface area contributed by atoms with Crippen LogP contribution in [0.2, 0.25) is 0 Å². The maximum absolute atomic E-state index is 12.2. The van der Waals surface area contributed by atoms with Crippen molar-refractivity contribution in [3.05, 3.63) is 22.4 Å². The summed E-state index contributed by atoms with van der Waals surface area (Å²) in [5.41, 5.74) is 0. The van der Waals surface area contributed by atoms with Crippen molar-refractivity contribution in [2.75, 3.05) is 26.7 Å². The Hall–Kier alpha value is -1.40. The summed E-state index contributed by atoms with van der Waals surface area (Å²) in [6.07, 6.45) is 1.28. The van der Waals surface area contributed by atoms with Gasteiger partial charge in [0.05, 0.1) is 0 Å². The normalized spacial score (nSPS) is 19.3. The fourth-order valence-corrected chi connectivity index (χ4v) is 3.06. The summed E-state index contributed by atoms with van der Waals surface area (Å²) < 4.78 is 0. The Morgan fingerprint density at radius 3 is 3.16 bits per heavy atom. The van der Waals surface area contributed by atoms with Crippen molar-refractivity contribution < 1.29 is 9.59 Å². The van der Waals surface area contributed by atoms with E-state index in [-0.39, 0.29) is 11.8 Å². The van der Waals surface area contributed by atoms with Gasteiger partial charge < -0.3 is 15.5 Å². The summed E-state index contributed by atoms with van der Waals surface area (Å²) in [4.78, 5) is 26.9. The first-order chi connectivity index (χ1) is 9.24. The van der Waals surface area contributed by atoms with E-state index in [1.165, 1.54) is 11.3 Å². The molecule has 1 aromatic rings. The molecular weight excluding hydrogens is 262 g/mol. The summed E-state index contributed by atoms with van der Waals surface area (Å²) >= 11 is 1.52. The maximum atomic E-state index is 12.2. The molecule has 5 nitrogen and oxygen atoms in total. The molecule has 1 aliphatic rings. The smallest absolute Gasteiger partial charge is 0.248 e. The van der Waals surface area contributed by atoms with Crippen molar-refractivity contribution in [3.63, 3.8) is 0 Å². The third-order valence-electron chi connectivity index (χ3n) is 3.16. The van der Waals surface area contributed by atoms with Gasteiger partial charge in [0.2, 0.25) is 11.8 Å². The number of amides is 2. The van der Waals surface area contributed by atoms with Gasteiger partial charge in [-0.05, 0) is 31.5 Å². The molecule has 1 saturated heterocycles. The quantitative estimate of drug-likeness (QED) is 0.783. The molecule has 1 fully saturated rings. The number of carbonyl (C=O) groups is 2. The zero-order valence-corrected chi connectivity index (χ0v) is 11.8. The summed E-state index contributed by atoms with van der Waals surface area (Å²) in [6.45, 7) is 1.95. The standard InChI is InChI=1S/C13H19N3O2S/c1-14-6-2-5-11(17)16-8-7-15-13(18)12(16)10-4-3-9-19-10/h3-4,9,12,14H,2,5-8H2,1H3,(H,15,18). The van der Waals surface area contributed by atoms with Crippen molar-refractivity contribution in [2.24, 2.45) is 0 Å². The molecular formula is C13H19N3O2S. The van der Waals surface area contributed by atoms with Crippen LogP contribution in [0.4, 0.5) is 0 Å². The summed E-state index contributed by atoms with van der Waals surface area (Å²) in [7, 11) is 1.87. The van der Waals surface area contributed by atoms with E-state index in [1.807, 2.05) is 24.6 Å². The van der Waals surface area contributed by atoms with E-state index in [0.717, 1.165) is 17.8 Å². The molecule has 0 bridgehead atoms. The number of thiophene rings is 1. The van der Waals surface area contributed by atoms with Gasteiger partial charge in [0, 0.05) is 24.4 Å². The van der Waals surface area contributed by atoms with Gasteiger partial charge in [-0.2, -0.15) is 0 Å². The highest BCUT2D eigenvalue weighted by molar-refractivity contribution is 7.10. The molecule has 2 amide bonds. The van der Waals surface area contributed by atoms with E-state index in [0.29, 0.717) is 19.5 Å². The lowest BCUT2D eigenvalue weighted by atomic mass is 10.1. The van der Waals surface area contributed by atoms with Crippen LogP contribution < -0.4 is 10.6 Å². The monoisotopic (exact) mass is 281 g/mol. The highest BCUT2D eigenvalue weighted by Gasteiger charge is 2.34. The van der Waals surface area contributed by atoms with Crippen molar-refractivity contribution in [3.8, 4) is 0 Å². The average molecular weight is 281 g/mol. The average Bonchev–Trinajstić information content (AvgIpc) is 2.92. The minimum atomic E-state index is -0.448. The minimum Gasteiger partial charge on any atom is -0.352 e. The minimum absolute atomic E-state index is 0.0588. The third kappa shape index (κ3) is 3.33. The topological polar surface area (TPSA) is 61.4 Å². The Morgan fingerprint density at radius 1 is 1.63 bits per heavy atom. The molecule has 1 unspecified atom stereocenters. The van der Waals surface area contributed by atoms with Gasteiger partial charge in [-0.3, -0.25) is 9.59 Å². The molecule has 6 heteroatoms. The van der Waals surface area contributed by atoms with E-state index in [2.05, 4.69) is 10.6 Å². The van der Waals surface area contributed by atoms with Gasteiger partial charge in [0.1, 0.15) is 6.04 Å². The fraction of sp³-hybridized carbons (Fsp3) is 0.538. The molecule has 0 spiro atoms. The molecule has 1 aromatic heterocycles. The molecule has 1 aliphatic heterocycles. The second kappa shape index (κ2) is 6.68. The molecule has 0 aliphatic carbocycles. The predicted octanol–water partition coefficient (Wildman–Crippen LogP) is 0.747. The lowest BCUT2D eigenvalue weighted by Gasteiger charge is -2.34. The predicted molar refractivity (Wildman–Crippen MR) is 74.9 cm³/mol. The Balaban J connectivity index is 2.07. The Kier molecular flexibility index (Phi) is 4.93. The van der Waals surface area contributed by atoms with Gasteiger partial charge in [-0.15, -0.1) is 11.3 Å². The second-order valence-corrected chi connectivity index (χ2v) is 5.48. The lowest BCUT2D eigenvalue weighted by molar-refractivity contribution is -0.143. The number of nitrogens with one attached hydrogen (secondary N) is 2. The molecule has 2 N–H and O–H groups in total. The number of carbonyl (C=O) groups excluding carboxylic acids is 2. The molecule has 104 valence electrons. The first-order valence-corrected chi connectivity index (χ1v) is 7.37. The highest BCUT2D eigenvalue weighted by Crippen LogP contribution is 2.27. The van der Waals surface area contributed by atoms with Crippen LogP contribution >= 0.6 is 11.3 Å². The summed E-state index contributed by atoms with van der Waals surface area (Å²) in [6, 6.07) is 3.37. The zero-order chi connectivity index (χ0) is 13.7. The first-order valence-electron chi connectivity index (χ1n) is 6.49. The summed E-state index contributed by atoms with van der Waals surface area (Å²) in [5.74, 6) is -0.0147. The number of rotatable bonds is 5. The van der Waals surface area contributed by atoms with E-state index in [9.17, 15) is 9.59 Å². The SMILES string of the molecule is CNCCCC(=O)N1CCNC(=O)C1c1cccs1. The van der Waals surface area contributed by atoms with Crippen LogP contribution in [-0.4, -0.2) is 43.4 Å². The fourth-order valence-electron chi connectivity index (χ4n) is 2.23. The Bertz CT molecular complexity index is 433. The van der Waals surface area contributed by atoms with Crippen molar-refractivity contribution >= 4 is 23.2 Å². The Morgan fingerprint density at radius 2 is 2.47 bits per heavy atom. The third-order valence-corrected chi connectivity index (χ3v) is 4.09. The van der Waals surface area contributed by atoms with Crippen LogP contribution in [0.15, 0.2) is 17.5 Å². The molecule has 1 atom stereocenters. The van der Waals surface area contributed by atoms with Crippen molar-refractivity contribution in [2.45, 2.75) is 18.9 Å². The van der Waals surface area contributed by atoms with Crippen molar-refractivity contribution in [1.29, 1.82) is 0 Å². The van der Waals surface area contributed by atoms with Gasteiger partial charge >= 0.3 is 0 Å². The highest BCUT2D eigenvalue weighted by atomic mass is 32.1. The van der Waals surface area contributed by atoms with Crippen LogP contribution in [0.3, 0.4) is 0 Å². The zero-order valence-electron chi connectivity index (χ0n) is 11.0. The molecule has 0 radical (unpaired) electrons. The summed E-state index contributed by atoms with van der Waals surface area (Å²) in [5, 5.41) is 7.79. The number of hydrogen-bond acceptors (Lipinski definition) is 4. The number of piperazine rings is 1. The Labute approximate surface area is 117 Å². The number of hydrogen-bond donors (Lipinski definition) is 2. The van der Waals surface area contributed by atoms with Gasteiger partial charge in [0.15, 0.2) is 0 Å². The molecule has 0 aromatic carbocycles. The lowest BCUT2D eigenvalue weighted by Crippen LogP contribution is -2.52. The molecule has 2 rings (SSSR count).